The molecular formula is C15H15ClN2O3. The summed E-state index contributed by atoms with van der Waals surface area (Å²) in [5.41, 5.74) is 1.59. The van der Waals surface area contributed by atoms with Gasteiger partial charge in [0, 0.05) is 0 Å². The average Bonchev–Trinajstić information content (AvgIpc) is 2.53. The molecule has 0 amide bonds. The summed E-state index contributed by atoms with van der Waals surface area (Å²) in [6.45, 7) is 0. The van der Waals surface area contributed by atoms with Gasteiger partial charge in [0.2, 0.25) is 5.75 Å². The highest BCUT2D eigenvalue weighted by Gasteiger charge is 2.11. The molecule has 0 spiro atoms. The Morgan fingerprint density at radius 3 is 2.05 bits per heavy atom. The van der Waals surface area contributed by atoms with Gasteiger partial charge in [-0.05, 0) is 35.9 Å². The van der Waals surface area contributed by atoms with E-state index in [1.54, 1.807) is 33.5 Å². The Kier molecular flexibility index (Phi) is 5.00. The molecule has 1 aromatic carbocycles. The van der Waals surface area contributed by atoms with E-state index >= 15 is 0 Å². The molecule has 0 bridgehead atoms. The van der Waals surface area contributed by atoms with Crippen molar-refractivity contribution in [2.45, 2.75) is 0 Å². The molecule has 110 valence electrons. The van der Waals surface area contributed by atoms with Gasteiger partial charge in [0.05, 0.1) is 27.0 Å². The number of aromatic nitrogens is 2. The molecule has 2 rings (SSSR count). The van der Waals surface area contributed by atoms with Crippen LogP contribution in [0.5, 0.6) is 17.2 Å². The average molecular weight is 307 g/mol. The number of rotatable bonds is 5. The van der Waals surface area contributed by atoms with Crippen LogP contribution in [0.1, 0.15) is 11.3 Å². The number of methoxy groups -OCH3 is 3. The molecule has 0 aliphatic rings. The van der Waals surface area contributed by atoms with Crippen molar-refractivity contribution in [1.82, 2.24) is 10.2 Å². The summed E-state index contributed by atoms with van der Waals surface area (Å²) in [6, 6.07) is 7.16. The molecule has 2 aromatic rings. The van der Waals surface area contributed by atoms with E-state index in [0.29, 0.717) is 28.1 Å². The Bertz CT molecular complexity index is 617. The summed E-state index contributed by atoms with van der Waals surface area (Å²) < 4.78 is 15.9. The topological polar surface area (TPSA) is 53.5 Å². The summed E-state index contributed by atoms with van der Waals surface area (Å²) in [5, 5.41) is 8.10. The van der Waals surface area contributed by atoms with Crippen molar-refractivity contribution in [2.75, 3.05) is 21.3 Å². The molecule has 0 aliphatic heterocycles. The maximum atomic E-state index is 5.70. The SMILES string of the molecule is COc1cc(C=Cc2ccc(Cl)nn2)cc(OC)c1OC. The van der Waals surface area contributed by atoms with Gasteiger partial charge in [-0.2, -0.15) is 0 Å². The van der Waals surface area contributed by atoms with Gasteiger partial charge >= 0.3 is 0 Å². The van der Waals surface area contributed by atoms with Gasteiger partial charge in [-0.15, -0.1) is 10.2 Å². The number of benzene rings is 1. The van der Waals surface area contributed by atoms with E-state index in [1.165, 1.54) is 0 Å². The molecule has 0 fully saturated rings. The summed E-state index contributed by atoms with van der Waals surface area (Å²) in [4.78, 5) is 0. The summed E-state index contributed by atoms with van der Waals surface area (Å²) in [6.07, 6.45) is 3.70. The van der Waals surface area contributed by atoms with Crippen LogP contribution in [0.4, 0.5) is 0 Å². The van der Waals surface area contributed by atoms with Crippen LogP contribution in [0.3, 0.4) is 0 Å². The van der Waals surface area contributed by atoms with E-state index in [2.05, 4.69) is 10.2 Å². The number of ether oxygens (including phenoxy) is 3. The second-order valence-corrected chi connectivity index (χ2v) is 4.46. The number of hydrogen-bond acceptors (Lipinski definition) is 5. The van der Waals surface area contributed by atoms with Gasteiger partial charge < -0.3 is 14.2 Å². The lowest BCUT2D eigenvalue weighted by Crippen LogP contribution is -1.95. The molecule has 0 N–H and O–H groups in total. The number of hydrogen-bond donors (Lipinski definition) is 0. The molecule has 1 aromatic heterocycles. The predicted molar refractivity (Wildman–Crippen MR) is 82.1 cm³/mol. The molecule has 6 heteroatoms. The minimum atomic E-state index is 0.361. The molecule has 0 saturated carbocycles. The predicted octanol–water partition coefficient (Wildman–Crippen LogP) is 3.33. The lowest BCUT2D eigenvalue weighted by molar-refractivity contribution is 0.324. The summed E-state index contributed by atoms with van der Waals surface area (Å²) in [5.74, 6) is 1.75. The van der Waals surface area contributed by atoms with Crippen LogP contribution >= 0.6 is 11.6 Å². The third-order valence-corrected chi connectivity index (χ3v) is 2.99. The largest absolute Gasteiger partial charge is 0.493 e. The van der Waals surface area contributed by atoms with Crippen LogP contribution in [-0.2, 0) is 0 Å². The first kappa shape index (κ1) is 15.1. The first-order chi connectivity index (χ1) is 10.2. The number of nitrogens with zero attached hydrogens (tertiary/aromatic N) is 2. The molecule has 5 nitrogen and oxygen atoms in total. The zero-order valence-electron chi connectivity index (χ0n) is 12.0. The van der Waals surface area contributed by atoms with Gasteiger partial charge in [-0.1, -0.05) is 17.7 Å². The smallest absolute Gasteiger partial charge is 0.203 e. The van der Waals surface area contributed by atoms with Crippen molar-refractivity contribution in [2.24, 2.45) is 0 Å². The lowest BCUT2D eigenvalue weighted by Gasteiger charge is -2.12. The van der Waals surface area contributed by atoms with Gasteiger partial charge in [-0.3, -0.25) is 0 Å². The lowest BCUT2D eigenvalue weighted by atomic mass is 10.1. The Hall–Kier alpha value is -2.27. The second kappa shape index (κ2) is 6.95. The van der Waals surface area contributed by atoms with Gasteiger partial charge in [-0.25, -0.2) is 0 Å². The van der Waals surface area contributed by atoms with E-state index in [9.17, 15) is 0 Å². The van der Waals surface area contributed by atoms with Crippen LogP contribution in [0.25, 0.3) is 12.2 Å². The third-order valence-electron chi connectivity index (χ3n) is 2.79. The first-order valence-electron chi connectivity index (χ1n) is 6.15. The third kappa shape index (κ3) is 3.64. The van der Waals surface area contributed by atoms with Crippen LogP contribution in [0.15, 0.2) is 24.3 Å². The Morgan fingerprint density at radius 2 is 1.57 bits per heavy atom. The second-order valence-electron chi connectivity index (χ2n) is 4.07. The fourth-order valence-corrected chi connectivity index (χ4v) is 1.90. The first-order valence-corrected chi connectivity index (χ1v) is 6.53. The highest BCUT2D eigenvalue weighted by molar-refractivity contribution is 6.29. The molecule has 0 radical (unpaired) electrons. The molecule has 0 saturated heterocycles. The normalized spacial score (nSPS) is 10.7. The van der Waals surface area contributed by atoms with E-state index in [4.69, 9.17) is 25.8 Å². The van der Waals surface area contributed by atoms with Crippen molar-refractivity contribution in [3.05, 3.63) is 40.7 Å². The fraction of sp³-hybridized carbons (Fsp3) is 0.200. The van der Waals surface area contributed by atoms with Crippen LogP contribution < -0.4 is 14.2 Å². The monoisotopic (exact) mass is 306 g/mol. The van der Waals surface area contributed by atoms with Gasteiger partial charge in [0.25, 0.3) is 0 Å². The van der Waals surface area contributed by atoms with Crippen molar-refractivity contribution >= 4 is 23.8 Å². The molecule has 0 atom stereocenters. The summed E-state index contributed by atoms with van der Waals surface area (Å²) in [7, 11) is 4.73. The number of halogens is 1. The van der Waals surface area contributed by atoms with E-state index in [0.717, 1.165) is 5.56 Å². The quantitative estimate of drug-likeness (QED) is 0.848. The molecule has 0 aliphatic carbocycles. The minimum Gasteiger partial charge on any atom is -0.493 e. The maximum Gasteiger partial charge on any atom is 0.203 e. The molecule has 0 unspecified atom stereocenters. The fourth-order valence-electron chi connectivity index (χ4n) is 1.79. The molecule has 1 heterocycles. The highest BCUT2D eigenvalue weighted by Crippen LogP contribution is 2.38. The van der Waals surface area contributed by atoms with Crippen LogP contribution in [0.2, 0.25) is 5.15 Å². The summed E-state index contributed by atoms with van der Waals surface area (Å²) >= 11 is 5.70. The van der Waals surface area contributed by atoms with Crippen molar-refractivity contribution in [1.29, 1.82) is 0 Å². The zero-order valence-corrected chi connectivity index (χ0v) is 12.7. The molecular weight excluding hydrogens is 292 g/mol. The van der Waals surface area contributed by atoms with Crippen molar-refractivity contribution < 1.29 is 14.2 Å². The van der Waals surface area contributed by atoms with Crippen LogP contribution in [0, 0.1) is 0 Å². The molecule has 21 heavy (non-hydrogen) atoms. The van der Waals surface area contributed by atoms with Crippen LogP contribution in [-0.4, -0.2) is 31.5 Å². The maximum absolute atomic E-state index is 5.70. The van der Waals surface area contributed by atoms with Gasteiger partial charge in [0.1, 0.15) is 0 Å². The van der Waals surface area contributed by atoms with Gasteiger partial charge in [0.15, 0.2) is 16.7 Å². The minimum absolute atomic E-state index is 0.361. The Balaban J connectivity index is 2.33. The van der Waals surface area contributed by atoms with E-state index < -0.39 is 0 Å². The van der Waals surface area contributed by atoms with Crippen molar-refractivity contribution in [3.63, 3.8) is 0 Å². The zero-order chi connectivity index (χ0) is 15.2. The Labute approximate surface area is 128 Å². The van der Waals surface area contributed by atoms with E-state index in [1.807, 2.05) is 24.3 Å². The Morgan fingerprint density at radius 1 is 0.905 bits per heavy atom. The standard InChI is InChI=1S/C15H15ClN2O3/c1-19-12-8-10(9-13(20-2)15(12)21-3)4-5-11-6-7-14(16)18-17-11/h4-9H,1-3H3. The highest BCUT2D eigenvalue weighted by atomic mass is 35.5. The van der Waals surface area contributed by atoms with Crippen molar-refractivity contribution in [3.8, 4) is 17.2 Å². The van der Waals surface area contributed by atoms with E-state index in [-0.39, 0.29) is 0 Å².